The lowest BCUT2D eigenvalue weighted by Crippen LogP contribution is -2.31. The van der Waals surface area contributed by atoms with Gasteiger partial charge < -0.3 is 28.4 Å². The Hall–Kier alpha value is -12.2. The summed E-state index contributed by atoms with van der Waals surface area (Å²) in [7, 11) is 1.15. The number of aromatic nitrogens is 10. The van der Waals surface area contributed by atoms with Crippen LogP contribution >= 0.6 is 0 Å². The Kier molecular flexibility index (Phi) is 21.5. The van der Waals surface area contributed by atoms with Gasteiger partial charge in [-0.2, -0.15) is 13.4 Å². The van der Waals surface area contributed by atoms with Crippen LogP contribution in [0.3, 0.4) is 0 Å². The molecule has 2 fully saturated rings. The predicted molar refractivity (Wildman–Crippen MR) is 421 cm³/mol. The van der Waals surface area contributed by atoms with Crippen molar-refractivity contribution in [3.05, 3.63) is 287 Å². The van der Waals surface area contributed by atoms with Crippen molar-refractivity contribution in [2.45, 2.75) is 86.6 Å². The smallest absolute Gasteiger partial charge is 0.244 e. The number of rotatable bonds is 28. The normalized spacial score (nSPS) is 12.9. The molecule has 22 nitrogen and oxygen atoms in total. The van der Waals surface area contributed by atoms with Crippen molar-refractivity contribution in [3.63, 3.8) is 0 Å². The zero-order valence-corrected chi connectivity index (χ0v) is 63.2. The van der Waals surface area contributed by atoms with E-state index in [0.717, 1.165) is 115 Å². The van der Waals surface area contributed by atoms with Gasteiger partial charge in [-0.25, -0.2) is 21.5 Å². The number of hydrogen-bond acceptors (Lipinski definition) is 18. The summed E-state index contributed by atoms with van der Waals surface area (Å²) in [5.41, 5.74) is 12.1. The van der Waals surface area contributed by atoms with Gasteiger partial charge in [0, 0.05) is 54.9 Å². The average Bonchev–Trinajstić information content (AvgIpc) is 1.36. The van der Waals surface area contributed by atoms with Crippen LogP contribution in [0.2, 0.25) is 0 Å². The maximum Gasteiger partial charge on any atom is 0.244 e. The van der Waals surface area contributed by atoms with E-state index in [9.17, 15) is 0 Å². The number of sulfonamides is 2. The van der Waals surface area contributed by atoms with Gasteiger partial charge >= 0.3 is 0 Å². The summed E-state index contributed by atoms with van der Waals surface area (Å²) in [6, 6.07) is 72.7. The summed E-state index contributed by atoms with van der Waals surface area (Å²) >= 11 is 0. The molecule has 0 amide bonds. The number of pyridine rings is 2. The number of ether oxygens (including phenoxy) is 6. The molecule has 2 aliphatic rings. The van der Waals surface area contributed by atoms with Gasteiger partial charge in [-0.05, 0) is 217 Å². The van der Waals surface area contributed by atoms with E-state index in [2.05, 4.69) is 35.8 Å². The van der Waals surface area contributed by atoms with Gasteiger partial charge in [0.25, 0.3) is 0 Å². The lowest BCUT2D eigenvalue weighted by atomic mass is 9.93. The van der Waals surface area contributed by atoms with Gasteiger partial charge in [0.1, 0.15) is 34.5 Å². The molecule has 0 atom stereocenters. The van der Waals surface area contributed by atoms with E-state index in [1.165, 1.54) is 9.10 Å². The van der Waals surface area contributed by atoms with Gasteiger partial charge in [-0.15, -0.1) is 15.3 Å². The molecule has 0 radical (unpaired) electrons. The Labute approximate surface area is 638 Å². The van der Waals surface area contributed by atoms with E-state index in [1.54, 1.807) is 64.0 Å². The molecule has 0 spiro atoms. The topological polar surface area (TPSA) is 243 Å². The van der Waals surface area contributed by atoms with Crippen LogP contribution in [0.15, 0.2) is 253 Å². The van der Waals surface area contributed by atoms with Gasteiger partial charge in [0.2, 0.25) is 25.9 Å². The van der Waals surface area contributed by atoms with Crippen LogP contribution in [0.1, 0.15) is 82.0 Å². The Bertz CT molecular complexity index is 5720. The number of benzene rings is 10. The summed E-state index contributed by atoms with van der Waals surface area (Å²) in [6.45, 7) is 1.08. The number of fused-ring (bicyclic) bond motifs is 2. The van der Waals surface area contributed by atoms with Crippen LogP contribution in [-0.2, 0) is 59.3 Å². The van der Waals surface area contributed by atoms with Gasteiger partial charge in [-0.1, -0.05) is 133 Å². The van der Waals surface area contributed by atoms with Crippen LogP contribution in [0.4, 0.5) is 0 Å². The SMILES string of the molecule is COc1ccc(CN(Cc2ccc(OC)cc2)S(=O)(=O)c2c(C3CC3)ccc(-c3cccc4ncccc34)c2-c2nnn(Cc3ccc(OC)cc3)n2)cc1.COc1ccc(CN(Cc2ccc(OC)cc2)S(=O)(=O)c2c(C3CC3)ccc(-c3cccc4ncccc34)c2-c2nnnn2Cc2ccc(OC)cc2)cc1. The number of hydrogen-bond donors (Lipinski definition) is 0. The molecular formula is C86H80N12O10S2. The standard InChI is InChI=1S/2C43H40N6O5S/c1-52-33-17-9-29(10-18-33)26-48(27-30-11-19-34(53-2)20-12-30)55(50,51)42-36(32-15-16-32)23-24-39(37-6-4-8-40-38(37)7-5-25-44-40)41(42)43-45-46-47-49(43)28-31-13-21-35(54-3)22-14-31;1-52-33-17-9-29(10-18-33)26-48(27-30-11-19-34(53-2)20-12-30)55(50,51)42-36(32-15-16-32)23-24-39(37-6-4-8-40-38(37)7-5-25-44-40)41(42)43-45-47-49(46-43)28-31-13-21-35(54-3)22-14-31/h2*4-14,17-25,32H,15-16,26-28H2,1-3H3. The first-order valence-corrected chi connectivity index (χ1v) is 38.9. The number of nitrogens with zero attached hydrogens (tertiary/aromatic N) is 12. The van der Waals surface area contributed by atoms with Crippen molar-refractivity contribution in [3.8, 4) is 79.5 Å². The molecule has 0 bridgehead atoms. The van der Waals surface area contributed by atoms with E-state index in [-0.39, 0.29) is 53.6 Å². The lowest BCUT2D eigenvalue weighted by molar-refractivity contribution is 0.397. The van der Waals surface area contributed by atoms with Crippen molar-refractivity contribution in [2.75, 3.05) is 42.7 Å². The summed E-state index contributed by atoms with van der Waals surface area (Å²) in [5.74, 6) is 4.94. The van der Waals surface area contributed by atoms with Crippen LogP contribution in [-0.4, -0.2) is 118 Å². The van der Waals surface area contributed by atoms with Crippen LogP contribution in [0.25, 0.3) is 66.8 Å². The molecule has 0 saturated heterocycles. The molecule has 0 unspecified atom stereocenters. The fourth-order valence-corrected chi connectivity index (χ4v) is 17.7. The maximum atomic E-state index is 15.8. The highest BCUT2D eigenvalue weighted by molar-refractivity contribution is 7.89. The monoisotopic (exact) mass is 1500 g/mol. The summed E-state index contributed by atoms with van der Waals surface area (Å²) < 4.78 is 100. The van der Waals surface area contributed by atoms with E-state index >= 15 is 16.8 Å². The van der Waals surface area contributed by atoms with E-state index < -0.39 is 20.0 Å². The first kappa shape index (κ1) is 73.3. The van der Waals surface area contributed by atoms with E-state index in [4.69, 9.17) is 33.5 Å². The van der Waals surface area contributed by atoms with Crippen molar-refractivity contribution >= 4 is 41.9 Å². The Morgan fingerprint density at radius 1 is 0.373 bits per heavy atom. The van der Waals surface area contributed by atoms with Gasteiger partial charge in [-0.3, -0.25) is 9.97 Å². The summed E-state index contributed by atoms with van der Waals surface area (Å²) in [4.78, 5) is 11.1. The summed E-state index contributed by atoms with van der Waals surface area (Å²) in [6.07, 6.45) is 7.04. The molecule has 110 heavy (non-hydrogen) atoms. The fraction of sp³-hybridized carbons (Fsp3) is 0.209. The zero-order valence-electron chi connectivity index (χ0n) is 61.6. The van der Waals surface area contributed by atoms with E-state index in [0.29, 0.717) is 64.2 Å². The van der Waals surface area contributed by atoms with Gasteiger partial charge in [0.05, 0.1) is 82.1 Å². The second-order valence-corrected chi connectivity index (χ2v) is 30.8. The Morgan fingerprint density at radius 3 is 1.12 bits per heavy atom. The highest BCUT2D eigenvalue weighted by Gasteiger charge is 2.41. The van der Waals surface area contributed by atoms with E-state index in [1.807, 2.05) is 231 Å². The molecule has 0 aliphatic heterocycles. The number of methoxy groups -OCH3 is 6. The quantitative estimate of drug-likeness (QED) is 0.0442. The highest BCUT2D eigenvalue weighted by Crippen LogP contribution is 2.52. The maximum absolute atomic E-state index is 15.8. The first-order valence-electron chi connectivity index (χ1n) is 36.0. The molecule has 14 aromatic rings. The molecule has 10 aromatic carbocycles. The molecule has 2 aliphatic carbocycles. The van der Waals surface area contributed by atoms with Crippen molar-refractivity contribution in [1.29, 1.82) is 0 Å². The largest absolute Gasteiger partial charge is 0.497 e. The van der Waals surface area contributed by atoms with Crippen LogP contribution < -0.4 is 28.4 Å². The second-order valence-electron chi connectivity index (χ2n) is 27.1. The average molecular weight is 1510 g/mol. The molecule has 0 N–H and O–H groups in total. The second kappa shape index (κ2) is 32.3. The lowest BCUT2D eigenvalue weighted by Gasteiger charge is -2.27. The molecule has 24 heteroatoms. The molecule has 4 heterocycles. The third-order valence-corrected chi connectivity index (χ3v) is 23.7. The Morgan fingerprint density at radius 2 is 0.736 bits per heavy atom. The minimum atomic E-state index is -4.27. The molecule has 556 valence electrons. The van der Waals surface area contributed by atoms with Crippen LogP contribution in [0.5, 0.6) is 34.5 Å². The van der Waals surface area contributed by atoms with Crippen LogP contribution in [0, 0.1) is 0 Å². The van der Waals surface area contributed by atoms with Crippen molar-refractivity contribution in [2.24, 2.45) is 0 Å². The molecular weight excluding hydrogens is 1430 g/mol. The minimum absolute atomic E-state index is 0.0708. The third kappa shape index (κ3) is 15.9. The van der Waals surface area contributed by atoms with Crippen molar-refractivity contribution in [1.82, 2.24) is 59.0 Å². The number of tetrazole rings is 2. The molecule has 4 aromatic heterocycles. The third-order valence-electron chi connectivity index (χ3n) is 20.0. The molecule has 2 saturated carbocycles. The van der Waals surface area contributed by atoms with Crippen molar-refractivity contribution < 1.29 is 45.3 Å². The summed E-state index contributed by atoms with van der Waals surface area (Å²) in [5, 5.41) is 28.9. The molecule has 16 rings (SSSR count). The highest BCUT2D eigenvalue weighted by atomic mass is 32.2. The predicted octanol–water partition coefficient (Wildman–Crippen LogP) is 15.8. The first-order chi connectivity index (χ1) is 53.7. The fourth-order valence-electron chi connectivity index (χ4n) is 13.9. The Balaban J connectivity index is 0.000000175. The van der Waals surface area contributed by atoms with Gasteiger partial charge in [0.15, 0.2) is 5.82 Å². The minimum Gasteiger partial charge on any atom is -0.497 e. The zero-order chi connectivity index (χ0) is 75.9.